The molecule has 3 nitrogen and oxygen atoms in total. The summed E-state index contributed by atoms with van der Waals surface area (Å²) in [5.74, 6) is 0.921. The van der Waals surface area contributed by atoms with Crippen LogP contribution >= 0.6 is 27.5 Å². The summed E-state index contributed by atoms with van der Waals surface area (Å²) in [6, 6.07) is 5.54. The van der Waals surface area contributed by atoms with Crippen LogP contribution in [-0.4, -0.2) is 26.5 Å². The molecular weight excluding hydrogens is 340 g/mol. The monoisotopic (exact) mass is 354 g/mol. The van der Waals surface area contributed by atoms with Crippen LogP contribution in [0, 0.1) is 0 Å². The Kier molecular flexibility index (Phi) is 6.46. The lowest BCUT2D eigenvalue weighted by Crippen LogP contribution is -2.11. The van der Waals surface area contributed by atoms with E-state index in [0.717, 1.165) is 10.9 Å². The second kappa shape index (κ2) is 7.36. The standard InChI is InChI=1S/C12H16BrClO3S/c1-2-18(15,16)7-3-6-17-12-5-4-10(9-13)8-11(12)14/h4-5,8H,2-3,6-7,9H2,1H3. The van der Waals surface area contributed by atoms with E-state index in [1.165, 1.54) is 0 Å². The molecule has 0 unspecified atom stereocenters. The molecule has 0 fully saturated rings. The summed E-state index contributed by atoms with van der Waals surface area (Å²) < 4.78 is 28.0. The average Bonchev–Trinajstić information content (AvgIpc) is 2.36. The highest BCUT2D eigenvalue weighted by Crippen LogP contribution is 2.26. The zero-order valence-corrected chi connectivity index (χ0v) is 13.3. The minimum atomic E-state index is -2.91. The first-order valence-corrected chi connectivity index (χ1v) is 8.98. The van der Waals surface area contributed by atoms with E-state index in [1.54, 1.807) is 13.0 Å². The topological polar surface area (TPSA) is 43.4 Å². The van der Waals surface area contributed by atoms with E-state index in [-0.39, 0.29) is 11.5 Å². The lowest BCUT2D eigenvalue weighted by atomic mass is 10.2. The zero-order valence-electron chi connectivity index (χ0n) is 10.2. The van der Waals surface area contributed by atoms with Crippen molar-refractivity contribution in [3.05, 3.63) is 28.8 Å². The summed E-state index contributed by atoms with van der Waals surface area (Å²) in [4.78, 5) is 0. The van der Waals surface area contributed by atoms with Gasteiger partial charge >= 0.3 is 0 Å². The molecule has 0 aliphatic carbocycles. The Morgan fingerprint density at radius 2 is 2.11 bits per heavy atom. The van der Waals surface area contributed by atoms with Crippen molar-refractivity contribution in [2.45, 2.75) is 18.7 Å². The Bertz CT molecular complexity index is 488. The highest BCUT2D eigenvalue weighted by molar-refractivity contribution is 9.08. The second-order valence-corrected chi connectivity index (χ2v) is 7.28. The van der Waals surface area contributed by atoms with Gasteiger partial charge in [0.25, 0.3) is 0 Å². The van der Waals surface area contributed by atoms with E-state index in [2.05, 4.69) is 15.9 Å². The van der Waals surface area contributed by atoms with Crippen molar-refractivity contribution >= 4 is 37.4 Å². The summed E-state index contributed by atoms with van der Waals surface area (Å²) in [5, 5.41) is 1.28. The van der Waals surface area contributed by atoms with E-state index in [9.17, 15) is 8.42 Å². The number of benzene rings is 1. The van der Waals surface area contributed by atoms with Crippen LogP contribution in [0.3, 0.4) is 0 Å². The molecule has 1 aromatic rings. The van der Waals surface area contributed by atoms with Crippen molar-refractivity contribution in [1.82, 2.24) is 0 Å². The van der Waals surface area contributed by atoms with E-state index in [0.29, 0.717) is 23.8 Å². The molecule has 0 atom stereocenters. The number of sulfone groups is 1. The highest BCUT2D eigenvalue weighted by Gasteiger charge is 2.07. The molecule has 1 aromatic carbocycles. The molecule has 0 saturated heterocycles. The second-order valence-electron chi connectivity index (χ2n) is 3.84. The maximum Gasteiger partial charge on any atom is 0.150 e. The number of alkyl halides is 1. The third-order valence-electron chi connectivity index (χ3n) is 2.45. The molecule has 0 N–H and O–H groups in total. The molecule has 6 heteroatoms. The van der Waals surface area contributed by atoms with Gasteiger partial charge in [0.05, 0.1) is 17.4 Å². The molecular formula is C12H16BrClO3S. The van der Waals surface area contributed by atoms with Crippen LogP contribution in [0.2, 0.25) is 5.02 Å². The van der Waals surface area contributed by atoms with Gasteiger partial charge in [0.1, 0.15) is 15.6 Å². The first-order valence-electron chi connectivity index (χ1n) is 5.66. The van der Waals surface area contributed by atoms with Gasteiger partial charge in [-0.1, -0.05) is 40.5 Å². The van der Waals surface area contributed by atoms with Gasteiger partial charge in [0.2, 0.25) is 0 Å². The molecule has 0 heterocycles. The first kappa shape index (κ1) is 15.8. The van der Waals surface area contributed by atoms with Gasteiger partial charge in [0, 0.05) is 11.1 Å². The maximum absolute atomic E-state index is 11.3. The van der Waals surface area contributed by atoms with E-state index in [1.807, 2.05) is 12.1 Å². The molecule has 0 aliphatic heterocycles. The van der Waals surface area contributed by atoms with Crippen molar-refractivity contribution < 1.29 is 13.2 Å². The predicted molar refractivity (Wildman–Crippen MR) is 78.5 cm³/mol. The molecule has 102 valence electrons. The van der Waals surface area contributed by atoms with Crippen LogP contribution in [0.1, 0.15) is 18.9 Å². The summed E-state index contributed by atoms with van der Waals surface area (Å²) in [5.41, 5.74) is 1.07. The summed E-state index contributed by atoms with van der Waals surface area (Å²) in [6.07, 6.45) is 0.479. The molecule has 0 aliphatic rings. The van der Waals surface area contributed by atoms with Crippen LogP contribution in [0.15, 0.2) is 18.2 Å². The Balaban J connectivity index is 2.45. The van der Waals surface area contributed by atoms with Gasteiger partial charge in [-0.05, 0) is 24.1 Å². The largest absolute Gasteiger partial charge is 0.492 e. The normalized spacial score (nSPS) is 11.5. The molecule has 0 saturated carbocycles. The zero-order chi connectivity index (χ0) is 13.6. The third kappa shape index (κ3) is 5.16. The van der Waals surface area contributed by atoms with Gasteiger partial charge in [0.15, 0.2) is 0 Å². The average molecular weight is 356 g/mol. The van der Waals surface area contributed by atoms with Crippen molar-refractivity contribution in [3.8, 4) is 5.75 Å². The van der Waals surface area contributed by atoms with Crippen molar-refractivity contribution in [2.24, 2.45) is 0 Å². The van der Waals surface area contributed by atoms with Gasteiger partial charge in [-0.15, -0.1) is 0 Å². The fourth-order valence-corrected chi connectivity index (χ4v) is 2.80. The van der Waals surface area contributed by atoms with Crippen molar-refractivity contribution in [2.75, 3.05) is 18.1 Å². The van der Waals surface area contributed by atoms with Crippen LogP contribution < -0.4 is 4.74 Å². The number of hydrogen-bond donors (Lipinski definition) is 0. The number of rotatable bonds is 7. The molecule has 0 amide bonds. The van der Waals surface area contributed by atoms with Crippen LogP contribution in [-0.2, 0) is 15.2 Å². The highest BCUT2D eigenvalue weighted by atomic mass is 79.9. The summed E-state index contributed by atoms with van der Waals surface area (Å²) >= 11 is 9.38. The molecule has 0 aromatic heterocycles. The number of hydrogen-bond acceptors (Lipinski definition) is 3. The SMILES string of the molecule is CCS(=O)(=O)CCCOc1ccc(CBr)cc1Cl. The van der Waals surface area contributed by atoms with Crippen molar-refractivity contribution in [3.63, 3.8) is 0 Å². The molecule has 0 radical (unpaired) electrons. The Morgan fingerprint density at radius 1 is 1.39 bits per heavy atom. The lowest BCUT2D eigenvalue weighted by molar-refractivity contribution is 0.318. The van der Waals surface area contributed by atoms with Gasteiger partial charge < -0.3 is 4.74 Å². The fraction of sp³-hybridized carbons (Fsp3) is 0.500. The van der Waals surface area contributed by atoms with E-state index >= 15 is 0 Å². The molecule has 18 heavy (non-hydrogen) atoms. The quantitative estimate of drug-likeness (QED) is 0.556. The van der Waals surface area contributed by atoms with Gasteiger partial charge in [-0.2, -0.15) is 0 Å². The smallest absolute Gasteiger partial charge is 0.150 e. The number of halogens is 2. The summed E-state index contributed by atoms with van der Waals surface area (Å²) in [7, 11) is -2.91. The Hall–Kier alpha value is -0.260. The number of ether oxygens (including phenoxy) is 1. The minimum absolute atomic E-state index is 0.153. The first-order chi connectivity index (χ1) is 8.48. The fourth-order valence-electron chi connectivity index (χ4n) is 1.35. The van der Waals surface area contributed by atoms with Gasteiger partial charge in [-0.25, -0.2) is 8.42 Å². The van der Waals surface area contributed by atoms with Gasteiger partial charge in [-0.3, -0.25) is 0 Å². The van der Waals surface area contributed by atoms with Crippen LogP contribution in [0.4, 0.5) is 0 Å². The predicted octanol–water partition coefficient (Wildman–Crippen LogP) is 3.44. The maximum atomic E-state index is 11.3. The minimum Gasteiger partial charge on any atom is -0.492 e. The van der Waals surface area contributed by atoms with E-state index in [4.69, 9.17) is 16.3 Å². The lowest BCUT2D eigenvalue weighted by Gasteiger charge is -2.08. The Morgan fingerprint density at radius 3 is 2.67 bits per heavy atom. The van der Waals surface area contributed by atoms with Crippen LogP contribution in [0.25, 0.3) is 0 Å². The molecule has 1 rings (SSSR count). The van der Waals surface area contributed by atoms with Crippen molar-refractivity contribution in [1.29, 1.82) is 0 Å². The Labute approximate surface area is 122 Å². The van der Waals surface area contributed by atoms with E-state index < -0.39 is 9.84 Å². The molecule has 0 bridgehead atoms. The van der Waals surface area contributed by atoms with Crippen LogP contribution in [0.5, 0.6) is 5.75 Å². The summed E-state index contributed by atoms with van der Waals surface area (Å²) in [6.45, 7) is 2.00. The third-order valence-corrected chi connectivity index (χ3v) is 5.18. The molecule has 0 spiro atoms.